The number of hydrogen-bond donors (Lipinski definition) is 3. The molecule has 0 aliphatic heterocycles. The van der Waals surface area contributed by atoms with Gasteiger partial charge in [-0.3, -0.25) is 19.8 Å². The summed E-state index contributed by atoms with van der Waals surface area (Å²) in [5, 5.41) is 8.74. The number of aromatic amines is 1. The lowest BCUT2D eigenvalue weighted by Gasteiger charge is -2.09. The first-order valence-corrected chi connectivity index (χ1v) is 10.6. The van der Waals surface area contributed by atoms with Crippen LogP contribution in [0.5, 0.6) is 11.5 Å². The van der Waals surface area contributed by atoms with E-state index in [1.165, 1.54) is 42.7 Å². The molecule has 3 N–H and O–H groups in total. The lowest BCUT2D eigenvalue weighted by Crippen LogP contribution is -2.17. The summed E-state index contributed by atoms with van der Waals surface area (Å²) in [6.07, 6.45) is 2.62. The molecular formula is C26H21F2N3O4. The molecule has 0 bridgehead atoms. The number of halogens is 2. The second-order valence-electron chi connectivity index (χ2n) is 7.96. The Kier molecular flexibility index (Phi) is 6.98. The van der Waals surface area contributed by atoms with Gasteiger partial charge in [-0.15, -0.1) is 0 Å². The molecule has 9 heteroatoms. The van der Waals surface area contributed by atoms with Gasteiger partial charge in [-0.25, -0.2) is 14.3 Å². The number of carbonyl (C=O) groups excluding carboxylic acids is 2. The molecule has 2 heterocycles. The Labute approximate surface area is 199 Å². The third-order valence-electron chi connectivity index (χ3n) is 5.29. The zero-order valence-corrected chi connectivity index (χ0v) is 18.6. The van der Waals surface area contributed by atoms with Crippen molar-refractivity contribution in [2.45, 2.75) is 19.8 Å². The highest BCUT2D eigenvalue weighted by Crippen LogP contribution is 2.27. The van der Waals surface area contributed by atoms with Gasteiger partial charge in [-0.2, -0.15) is 0 Å². The van der Waals surface area contributed by atoms with E-state index in [2.05, 4.69) is 9.97 Å². The van der Waals surface area contributed by atoms with Crippen LogP contribution in [0.2, 0.25) is 0 Å². The monoisotopic (exact) mass is 477 g/mol. The first-order chi connectivity index (χ1) is 16.8. The maximum atomic E-state index is 14.7. The van der Waals surface area contributed by atoms with Crippen molar-refractivity contribution in [3.8, 4) is 22.9 Å². The van der Waals surface area contributed by atoms with Gasteiger partial charge in [-0.05, 0) is 42.3 Å². The van der Waals surface area contributed by atoms with Crippen LogP contribution in [0.1, 0.15) is 27.0 Å². The molecule has 0 radical (unpaired) electrons. The van der Waals surface area contributed by atoms with E-state index in [9.17, 15) is 18.4 Å². The molecule has 0 atom stereocenters. The Morgan fingerprint density at radius 1 is 0.971 bits per heavy atom. The zero-order valence-electron chi connectivity index (χ0n) is 18.6. The second-order valence-corrected chi connectivity index (χ2v) is 7.96. The highest BCUT2D eigenvalue weighted by molar-refractivity contribution is 5.94. The number of pyridine rings is 1. The van der Waals surface area contributed by atoms with E-state index in [4.69, 9.17) is 9.94 Å². The summed E-state index contributed by atoms with van der Waals surface area (Å²) in [6, 6.07) is 13.4. The van der Waals surface area contributed by atoms with E-state index in [0.717, 1.165) is 5.56 Å². The van der Waals surface area contributed by atoms with Crippen molar-refractivity contribution in [3.63, 3.8) is 0 Å². The summed E-state index contributed by atoms with van der Waals surface area (Å²) >= 11 is 0. The van der Waals surface area contributed by atoms with Gasteiger partial charge in [0.2, 0.25) is 0 Å². The minimum Gasteiger partial charge on any atom is -0.457 e. The number of carbonyl (C=O) groups is 2. The molecule has 4 aromatic rings. The van der Waals surface area contributed by atoms with Gasteiger partial charge < -0.3 is 9.72 Å². The summed E-state index contributed by atoms with van der Waals surface area (Å²) < 4.78 is 34.3. The van der Waals surface area contributed by atoms with Crippen molar-refractivity contribution in [2.24, 2.45) is 0 Å². The molecule has 0 saturated carbocycles. The number of benzene rings is 2. The maximum Gasteiger partial charge on any atom is 0.276 e. The van der Waals surface area contributed by atoms with E-state index in [1.807, 2.05) is 6.92 Å². The molecule has 0 aliphatic carbocycles. The van der Waals surface area contributed by atoms with Crippen molar-refractivity contribution < 1.29 is 28.3 Å². The molecule has 7 nitrogen and oxygen atoms in total. The number of nitrogens with zero attached hydrogens (tertiary/aromatic N) is 1. The van der Waals surface area contributed by atoms with Crippen molar-refractivity contribution in [3.05, 3.63) is 101 Å². The Bertz CT molecular complexity index is 1400. The van der Waals surface area contributed by atoms with E-state index < -0.39 is 17.5 Å². The number of rotatable bonds is 8. The largest absolute Gasteiger partial charge is 0.457 e. The van der Waals surface area contributed by atoms with Gasteiger partial charge in [-0.1, -0.05) is 23.8 Å². The molecule has 1 amide bonds. The summed E-state index contributed by atoms with van der Waals surface area (Å²) in [5.41, 5.74) is 4.06. The maximum absolute atomic E-state index is 14.7. The van der Waals surface area contributed by atoms with E-state index >= 15 is 0 Å². The molecule has 0 saturated heterocycles. The van der Waals surface area contributed by atoms with E-state index in [1.54, 1.807) is 29.7 Å². The molecule has 0 spiro atoms. The van der Waals surface area contributed by atoms with Crippen LogP contribution in [-0.2, 0) is 17.6 Å². The minimum atomic E-state index is -0.669. The van der Waals surface area contributed by atoms with Gasteiger partial charge in [0.05, 0.1) is 17.0 Å². The van der Waals surface area contributed by atoms with E-state index in [0.29, 0.717) is 17.1 Å². The summed E-state index contributed by atoms with van der Waals surface area (Å²) in [4.78, 5) is 31.0. The Balaban J connectivity index is 1.44. The second kappa shape index (κ2) is 10.3. The zero-order chi connectivity index (χ0) is 24.9. The third-order valence-corrected chi connectivity index (χ3v) is 5.29. The van der Waals surface area contributed by atoms with Crippen LogP contribution in [0.15, 0.2) is 67.0 Å². The number of ketones is 1. The average Bonchev–Trinajstić information content (AvgIpc) is 3.33. The van der Waals surface area contributed by atoms with Crippen LogP contribution in [0, 0.1) is 18.6 Å². The van der Waals surface area contributed by atoms with Crippen LogP contribution in [0.4, 0.5) is 8.78 Å². The first-order valence-electron chi connectivity index (χ1n) is 10.6. The highest BCUT2D eigenvalue weighted by atomic mass is 19.1. The number of hydrogen-bond acceptors (Lipinski definition) is 5. The Hall–Kier alpha value is -4.37. The van der Waals surface area contributed by atoms with Crippen LogP contribution in [0.25, 0.3) is 11.4 Å². The lowest BCUT2D eigenvalue weighted by molar-refractivity contribution is -0.117. The molecular weight excluding hydrogens is 456 g/mol. The summed E-state index contributed by atoms with van der Waals surface area (Å²) in [6.45, 7) is 1.81. The Morgan fingerprint density at radius 3 is 2.51 bits per heavy atom. The number of Topliss-reactive ketones (excluding diaryl/α,β-unsaturated/α-hetero) is 1. The number of H-pyrrole nitrogens is 1. The fraction of sp³-hybridized carbons (Fsp3) is 0.115. The van der Waals surface area contributed by atoms with Gasteiger partial charge in [0, 0.05) is 37.4 Å². The van der Waals surface area contributed by atoms with Gasteiger partial charge in [0.15, 0.2) is 0 Å². The topological polar surface area (TPSA) is 104 Å². The molecule has 4 rings (SSSR count). The van der Waals surface area contributed by atoms with Gasteiger partial charge in [0.1, 0.15) is 28.9 Å². The van der Waals surface area contributed by atoms with Crippen LogP contribution < -0.4 is 10.2 Å². The van der Waals surface area contributed by atoms with Crippen molar-refractivity contribution in [1.29, 1.82) is 0 Å². The fourth-order valence-electron chi connectivity index (χ4n) is 3.56. The van der Waals surface area contributed by atoms with Crippen molar-refractivity contribution in [1.82, 2.24) is 15.4 Å². The molecule has 0 aliphatic rings. The first kappa shape index (κ1) is 23.8. The quantitative estimate of drug-likeness (QED) is 0.247. The molecule has 0 unspecified atom stereocenters. The minimum absolute atomic E-state index is 0.120. The van der Waals surface area contributed by atoms with E-state index in [-0.39, 0.29) is 41.1 Å². The molecule has 178 valence electrons. The normalized spacial score (nSPS) is 10.7. The average molecular weight is 477 g/mol. The highest BCUT2D eigenvalue weighted by Gasteiger charge is 2.14. The van der Waals surface area contributed by atoms with Gasteiger partial charge in [0.25, 0.3) is 5.91 Å². The van der Waals surface area contributed by atoms with Crippen LogP contribution in [0.3, 0.4) is 0 Å². The number of hydroxylamine groups is 1. The third kappa shape index (κ3) is 5.77. The molecule has 2 aromatic carbocycles. The fourth-order valence-corrected chi connectivity index (χ4v) is 3.56. The number of amides is 1. The standard InChI is InChI=1S/C26H21F2N3O4/c1-15-2-5-22(27)17(8-15)10-19(32)9-16-3-4-20(12-23(16)28)35-21-6-7-29-25(13-21)24-11-18(14-30-24)26(33)31-34/h2-8,11-14,30,34H,9-10H2,1H3,(H,31,33). The lowest BCUT2D eigenvalue weighted by atomic mass is 10.0. The van der Waals surface area contributed by atoms with Crippen LogP contribution >= 0.6 is 0 Å². The molecule has 0 fully saturated rings. The number of aryl methyl sites for hydroxylation is 1. The predicted molar refractivity (Wildman–Crippen MR) is 123 cm³/mol. The number of nitrogens with one attached hydrogen (secondary N) is 2. The molecule has 35 heavy (non-hydrogen) atoms. The number of aromatic nitrogens is 2. The van der Waals surface area contributed by atoms with Gasteiger partial charge >= 0.3 is 0 Å². The Morgan fingerprint density at radius 2 is 1.74 bits per heavy atom. The van der Waals surface area contributed by atoms with Crippen molar-refractivity contribution >= 4 is 11.7 Å². The SMILES string of the molecule is Cc1ccc(F)c(CC(=O)Cc2ccc(Oc3ccnc(-c4cc(C(=O)NO)c[nH]4)c3)cc2F)c1. The predicted octanol–water partition coefficient (Wildman–Crippen LogP) is 4.93. The number of ether oxygens (including phenoxy) is 1. The van der Waals surface area contributed by atoms with Crippen LogP contribution in [-0.4, -0.2) is 26.9 Å². The van der Waals surface area contributed by atoms with Crippen molar-refractivity contribution in [2.75, 3.05) is 0 Å². The molecule has 2 aromatic heterocycles. The summed E-state index contributed by atoms with van der Waals surface area (Å²) in [7, 11) is 0. The summed E-state index contributed by atoms with van der Waals surface area (Å²) in [5.74, 6) is -1.46. The smallest absolute Gasteiger partial charge is 0.276 e.